The molecule has 1 saturated carbocycles. The molecule has 1 atom stereocenters. The van der Waals surface area contributed by atoms with Crippen LogP contribution in [0.15, 0.2) is 0 Å². The van der Waals surface area contributed by atoms with E-state index in [1.54, 1.807) is 0 Å². The van der Waals surface area contributed by atoms with Crippen LogP contribution in [0.1, 0.15) is 76.4 Å². The van der Waals surface area contributed by atoms with Gasteiger partial charge in [-0.2, -0.15) is 5.10 Å². The van der Waals surface area contributed by atoms with Crippen molar-refractivity contribution in [2.45, 2.75) is 78.8 Å². The molecule has 20 heavy (non-hydrogen) atoms. The summed E-state index contributed by atoms with van der Waals surface area (Å²) in [7, 11) is 0. The highest BCUT2D eigenvalue weighted by atomic mass is 15.3. The van der Waals surface area contributed by atoms with Gasteiger partial charge in [0.2, 0.25) is 0 Å². The number of nitrogens with zero attached hydrogens (tertiary/aromatic N) is 2. The lowest BCUT2D eigenvalue weighted by atomic mass is 9.99. The first-order chi connectivity index (χ1) is 9.74. The van der Waals surface area contributed by atoms with E-state index in [0.29, 0.717) is 6.04 Å². The molecule has 0 spiro atoms. The summed E-state index contributed by atoms with van der Waals surface area (Å²) in [6.07, 6.45) is 7.27. The van der Waals surface area contributed by atoms with Gasteiger partial charge in [-0.3, -0.25) is 4.68 Å². The fourth-order valence-electron chi connectivity index (χ4n) is 3.07. The highest BCUT2D eigenvalue weighted by Crippen LogP contribution is 2.33. The Kier molecular flexibility index (Phi) is 5.64. The van der Waals surface area contributed by atoms with Crippen molar-refractivity contribution in [2.75, 3.05) is 6.54 Å². The molecule has 1 aromatic rings. The summed E-state index contributed by atoms with van der Waals surface area (Å²) in [6, 6.07) is 0.479. The molecular formula is C17H31N3. The lowest BCUT2D eigenvalue weighted by Gasteiger charge is -2.19. The van der Waals surface area contributed by atoms with Crippen LogP contribution in [0.3, 0.4) is 0 Å². The van der Waals surface area contributed by atoms with Crippen molar-refractivity contribution in [2.24, 2.45) is 5.92 Å². The lowest BCUT2D eigenvalue weighted by Crippen LogP contribution is -2.23. The molecule has 1 aliphatic carbocycles. The van der Waals surface area contributed by atoms with Crippen molar-refractivity contribution >= 4 is 0 Å². The normalized spacial score (nSPS) is 16.6. The molecule has 1 fully saturated rings. The quantitative estimate of drug-likeness (QED) is 0.742. The number of hydrogen-bond acceptors (Lipinski definition) is 2. The van der Waals surface area contributed by atoms with Crippen LogP contribution >= 0.6 is 0 Å². The van der Waals surface area contributed by atoms with E-state index in [1.807, 2.05) is 0 Å². The van der Waals surface area contributed by atoms with Crippen molar-refractivity contribution in [3.63, 3.8) is 0 Å². The second-order valence-electron chi connectivity index (χ2n) is 6.05. The second kappa shape index (κ2) is 7.26. The molecule has 0 radical (unpaired) electrons. The third-order valence-electron chi connectivity index (χ3n) is 4.37. The molecule has 0 bridgehead atoms. The van der Waals surface area contributed by atoms with Gasteiger partial charge in [-0.1, -0.05) is 27.7 Å². The summed E-state index contributed by atoms with van der Waals surface area (Å²) >= 11 is 0. The molecule has 1 aromatic heterocycles. The summed E-state index contributed by atoms with van der Waals surface area (Å²) < 4.78 is 2.32. The molecular weight excluding hydrogens is 246 g/mol. The molecule has 1 aliphatic rings. The standard InChI is InChI=1S/C17H31N3/c1-5-11-18-14(6-2)17-15(7-3)19-20(16(17)8-4)12-13-9-10-13/h13-14,18H,5-12H2,1-4H3. The van der Waals surface area contributed by atoms with Gasteiger partial charge >= 0.3 is 0 Å². The van der Waals surface area contributed by atoms with Crippen molar-refractivity contribution in [3.8, 4) is 0 Å². The van der Waals surface area contributed by atoms with E-state index >= 15 is 0 Å². The van der Waals surface area contributed by atoms with Crippen LogP contribution in [0, 0.1) is 5.92 Å². The van der Waals surface area contributed by atoms with Gasteiger partial charge in [0.05, 0.1) is 5.69 Å². The molecule has 114 valence electrons. The third-order valence-corrected chi connectivity index (χ3v) is 4.37. The first kappa shape index (κ1) is 15.6. The van der Waals surface area contributed by atoms with Crippen molar-refractivity contribution in [1.29, 1.82) is 0 Å². The highest BCUT2D eigenvalue weighted by molar-refractivity contribution is 5.30. The second-order valence-corrected chi connectivity index (χ2v) is 6.05. The molecule has 3 nitrogen and oxygen atoms in total. The fourth-order valence-corrected chi connectivity index (χ4v) is 3.07. The Hall–Kier alpha value is -0.830. The van der Waals surface area contributed by atoms with Crippen molar-refractivity contribution in [1.82, 2.24) is 15.1 Å². The SMILES string of the molecule is CCCNC(CC)c1c(CC)nn(CC2CC2)c1CC. The summed E-state index contributed by atoms with van der Waals surface area (Å²) in [5.74, 6) is 0.890. The number of rotatable bonds is 9. The lowest BCUT2D eigenvalue weighted by molar-refractivity contribution is 0.505. The molecule has 1 heterocycles. The number of aromatic nitrogens is 2. The molecule has 3 heteroatoms. The summed E-state index contributed by atoms with van der Waals surface area (Å²) in [6.45, 7) is 11.3. The maximum Gasteiger partial charge on any atom is 0.0672 e. The summed E-state index contributed by atoms with van der Waals surface area (Å²) in [5.41, 5.74) is 4.30. The van der Waals surface area contributed by atoms with Gasteiger partial charge in [0.15, 0.2) is 0 Å². The summed E-state index contributed by atoms with van der Waals surface area (Å²) in [4.78, 5) is 0. The molecule has 2 rings (SSSR count). The van der Waals surface area contributed by atoms with Gasteiger partial charge < -0.3 is 5.32 Å². The van der Waals surface area contributed by atoms with Crippen LogP contribution in [0.5, 0.6) is 0 Å². The zero-order valence-electron chi connectivity index (χ0n) is 13.7. The number of hydrogen-bond donors (Lipinski definition) is 1. The molecule has 0 aliphatic heterocycles. The van der Waals surface area contributed by atoms with E-state index in [9.17, 15) is 0 Å². The Labute approximate surface area is 124 Å². The minimum absolute atomic E-state index is 0.479. The monoisotopic (exact) mass is 277 g/mol. The Morgan fingerprint density at radius 2 is 1.95 bits per heavy atom. The van der Waals surface area contributed by atoms with E-state index in [2.05, 4.69) is 37.7 Å². The molecule has 0 aromatic carbocycles. The van der Waals surface area contributed by atoms with Crippen LogP contribution in [0.25, 0.3) is 0 Å². The Bertz CT molecular complexity index is 418. The van der Waals surface area contributed by atoms with Gasteiger partial charge in [-0.05, 0) is 51.0 Å². The highest BCUT2D eigenvalue weighted by Gasteiger charge is 2.27. The van der Waals surface area contributed by atoms with Crippen LogP contribution in [0.4, 0.5) is 0 Å². The zero-order valence-corrected chi connectivity index (χ0v) is 13.7. The van der Waals surface area contributed by atoms with Gasteiger partial charge in [0, 0.05) is 23.8 Å². The average Bonchev–Trinajstić information content (AvgIpc) is 3.20. The molecule has 1 N–H and O–H groups in total. The van der Waals surface area contributed by atoms with E-state index in [1.165, 1.54) is 36.2 Å². The van der Waals surface area contributed by atoms with Crippen LogP contribution in [-0.2, 0) is 19.4 Å². The van der Waals surface area contributed by atoms with Crippen molar-refractivity contribution < 1.29 is 0 Å². The van der Waals surface area contributed by atoms with Crippen LogP contribution in [0.2, 0.25) is 0 Å². The predicted octanol–water partition coefficient (Wildman–Crippen LogP) is 3.87. The van der Waals surface area contributed by atoms with Gasteiger partial charge in [-0.25, -0.2) is 0 Å². The topological polar surface area (TPSA) is 29.9 Å². The molecule has 1 unspecified atom stereocenters. The zero-order chi connectivity index (χ0) is 14.5. The molecule has 0 amide bonds. The average molecular weight is 277 g/mol. The largest absolute Gasteiger partial charge is 0.310 e. The fraction of sp³-hybridized carbons (Fsp3) is 0.824. The van der Waals surface area contributed by atoms with E-state index < -0.39 is 0 Å². The van der Waals surface area contributed by atoms with Gasteiger partial charge in [0.25, 0.3) is 0 Å². The maximum atomic E-state index is 4.93. The predicted molar refractivity (Wildman–Crippen MR) is 85.0 cm³/mol. The first-order valence-corrected chi connectivity index (χ1v) is 8.56. The maximum absolute atomic E-state index is 4.93. The Morgan fingerprint density at radius 3 is 2.45 bits per heavy atom. The smallest absolute Gasteiger partial charge is 0.0672 e. The summed E-state index contributed by atoms with van der Waals surface area (Å²) in [5, 5.41) is 8.65. The van der Waals surface area contributed by atoms with E-state index in [-0.39, 0.29) is 0 Å². The number of nitrogens with one attached hydrogen (secondary N) is 1. The Balaban J connectivity index is 2.28. The van der Waals surface area contributed by atoms with Crippen LogP contribution in [-0.4, -0.2) is 16.3 Å². The van der Waals surface area contributed by atoms with Gasteiger partial charge in [0.1, 0.15) is 0 Å². The molecule has 0 saturated heterocycles. The van der Waals surface area contributed by atoms with E-state index in [4.69, 9.17) is 5.10 Å². The van der Waals surface area contributed by atoms with Crippen LogP contribution < -0.4 is 5.32 Å². The third kappa shape index (κ3) is 3.43. The minimum Gasteiger partial charge on any atom is -0.310 e. The van der Waals surface area contributed by atoms with Gasteiger partial charge in [-0.15, -0.1) is 0 Å². The van der Waals surface area contributed by atoms with E-state index in [0.717, 1.165) is 38.3 Å². The Morgan fingerprint density at radius 1 is 1.20 bits per heavy atom. The number of aryl methyl sites for hydroxylation is 1. The van der Waals surface area contributed by atoms with Crippen molar-refractivity contribution in [3.05, 3.63) is 17.0 Å². The first-order valence-electron chi connectivity index (χ1n) is 8.56. The minimum atomic E-state index is 0.479.